The van der Waals surface area contributed by atoms with Crippen LogP contribution in [0.2, 0.25) is 0 Å². The van der Waals surface area contributed by atoms with Gasteiger partial charge in [-0.25, -0.2) is 14.4 Å². The molecular weight excluding hydrogens is 506 g/mol. The average molecular weight is 532 g/mol. The van der Waals surface area contributed by atoms with Crippen molar-refractivity contribution in [2.24, 2.45) is 7.05 Å². The average Bonchev–Trinajstić information content (AvgIpc) is 3.23. The summed E-state index contributed by atoms with van der Waals surface area (Å²) in [7, 11) is 1.70. The summed E-state index contributed by atoms with van der Waals surface area (Å²) in [6, 6.07) is 4.66. The van der Waals surface area contributed by atoms with Crippen molar-refractivity contribution in [3.05, 3.63) is 59.3 Å². The molecule has 3 aromatic heterocycles. The van der Waals surface area contributed by atoms with E-state index in [1.54, 1.807) is 22.9 Å². The molecule has 0 unspecified atom stereocenters. The zero-order valence-corrected chi connectivity index (χ0v) is 20.8. The summed E-state index contributed by atoms with van der Waals surface area (Å²) in [5.74, 6) is -1.31. The third-order valence-corrected chi connectivity index (χ3v) is 6.47. The molecule has 4 aromatic rings. The second kappa shape index (κ2) is 9.48. The molecule has 0 radical (unpaired) electrons. The smallest absolute Gasteiger partial charge is 0.383 e. The Morgan fingerprint density at radius 2 is 1.87 bits per heavy atom. The molecule has 0 spiro atoms. The Bertz CT molecular complexity index is 1510. The van der Waals surface area contributed by atoms with Crippen LogP contribution in [0.25, 0.3) is 21.8 Å². The number of fused-ring (bicyclic) bond motifs is 3. The molecule has 1 saturated heterocycles. The number of carbonyl (C=O) groups is 1. The van der Waals surface area contributed by atoms with Gasteiger partial charge in [-0.1, -0.05) is 0 Å². The standard InChI is InChI=1S/C25H25F4N7O2/c1-13-10-35(11-14(2)38-13)36(12-16-5-4-15(8-31-16)25(27,28)29)24(37)17-6-18-21(7-20(17)26)33-23(30)19-9-32-34(3)22(18)19/h4-9,13-14H,10-12H2,1-3H3,(H2,30,33)/t13-,14+. The molecule has 0 aliphatic carbocycles. The number of hydrazine groups is 1. The van der Waals surface area contributed by atoms with Gasteiger partial charge in [0.25, 0.3) is 5.91 Å². The number of benzene rings is 1. The van der Waals surface area contributed by atoms with E-state index in [0.717, 1.165) is 12.1 Å². The van der Waals surface area contributed by atoms with Gasteiger partial charge in [-0.2, -0.15) is 18.3 Å². The molecule has 200 valence electrons. The molecular formula is C25H25F4N7O2. The van der Waals surface area contributed by atoms with Crippen molar-refractivity contribution in [3.63, 3.8) is 0 Å². The highest BCUT2D eigenvalue weighted by atomic mass is 19.4. The van der Waals surface area contributed by atoms with Crippen LogP contribution < -0.4 is 5.73 Å². The van der Waals surface area contributed by atoms with Crippen LogP contribution in [0.1, 0.15) is 35.5 Å². The van der Waals surface area contributed by atoms with Crippen LogP contribution in [0.3, 0.4) is 0 Å². The summed E-state index contributed by atoms with van der Waals surface area (Å²) in [5.41, 5.74) is 5.95. The van der Waals surface area contributed by atoms with E-state index in [4.69, 9.17) is 10.5 Å². The number of hydrogen-bond acceptors (Lipinski definition) is 7. The Morgan fingerprint density at radius 1 is 1.16 bits per heavy atom. The number of nitrogen functional groups attached to an aromatic ring is 1. The number of anilines is 1. The first-order chi connectivity index (χ1) is 17.9. The first-order valence-corrected chi connectivity index (χ1v) is 11.9. The molecule has 5 rings (SSSR count). The lowest BCUT2D eigenvalue weighted by Gasteiger charge is -2.42. The summed E-state index contributed by atoms with van der Waals surface area (Å²) in [5, 5.41) is 8.27. The van der Waals surface area contributed by atoms with E-state index in [2.05, 4.69) is 15.1 Å². The van der Waals surface area contributed by atoms with Gasteiger partial charge in [-0.15, -0.1) is 0 Å². The third kappa shape index (κ3) is 4.74. The van der Waals surface area contributed by atoms with Crippen molar-refractivity contribution in [2.75, 3.05) is 18.8 Å². The molecule has 0 bridgehead atoms. The van der Waals surface area contributed by atoms with Crippen LogP contribution in [0.4, 0.5) is 23.4 Å². The summed E-state index contributed by atoms with van der Waals surface area (Å²) < 4.78 is 61.8. The maximum atomic E-state index is 15.4. The van der Waals surface area contributed by atoms with Gasteiger partial charge < -0.3 is 10.5 Å². The summed E-state index contributed by atoms with van der Waals surface area (Å²) in [6.45, 7) is 4.14. The number of pyridine rings is 2. The van der Waals surface area contributed by atoms with Gasteiger partial charge in [0.2, 0.25) is 0 Å². The van der Waals surface area contributed by atoms with E-state index < -0.39 is 23.5 Å². The topological polar surface area (TPSA) is 102 Å². The molecule has 1 aliphatic heterocycles. The Morgan fingerprint density at radius 3 is 2.50 bits per heavy atom. The number of aryl methyl sites for hydroxylation is 1. The van der Waals surface area contributed by atoms with Crippen LogP contribution in [0.5, 0.6) is 0 Å². The number of ether oxygens (including phenoxy) is 1. The number of hydrogen-bond donors (Lipinski definition) is 1. The summed E-state index contributed by atoms with van der Waals surface area (Å²) in [4.78, 5) is 22.1. The molecule has 4 heterocycles. The fourth-order valence-corrected chi connectivity index (χ4v) is 4.77. The van der Waals surface area contributed by atoms with E-state index in [0.29, 0.717) is 35.6 Å². The maximum Gasteiger partial charge on any atom is 0.417 e. The molecule has 9 nitrogen and oxygen atoms in total. The number of halogens is 4. The normalized spacial score (nSPS) is 18.8. The zero-order chi connectivity index (χ0) is 27.4. The second-order valence-corrected chi connectivity index (χ2v) is 9.40. The molecule has 2 N–H and O–H groups in total. The van der Waals surface area contributed by atoms with Crippen molar-refractivity contribution in [1.29, 1.82) is 0 Å². The molecule has 2 atom stereocenters. The number of rotatable bonds is 4. The highest BCUT2D eigenvalue weighted by molar-refractivity contribution is 6.10. The minimum absolute atomic E-state index is 0.172. The molecule has 1 fully saturated rings. The summed E-state index contributed by atoms with van der Waals surface area (Å²) in [6.07, 6.45) is -2.76. The Kier molecular flexibility index (Phi) is 6.43. The lowest BCUT2D eigenvalue weighted by atomic mass is 10.1. The first kappa shape index (κ1) is 25.8. The van der Waals surface area contributed by atoms with E-state index in [-0.39, 0.29) is 41.3 Å². The lowest BCUT2D eigenvalue weighted by Crippen LogP contribution is -2.55. The predicted molar refractivity (Wildman–Crippen MR) is 131 cm³/mol. The van der Waals surface area contributed by atoms with Gasteiger partial charge in [0.1, 0.15) is 11.6 Å². The van der Waals surface area contributed by atoms with E-state index in [9.17, 15) is 18.0 Å². The highest BCUT2D eigenvalue weighted by Crippen LogP contribution is 2.31. The quantitative estimate of drug-likeness (QED) is 0.398. The van der Waals surface area contributed by atoms with Crippen molar-refractivity contribution < 1.29 is 27.1 Å². The van der Waals surface area contributed by atoms with Crippen LogP contribution in [0.15, 0.2) is 36.7 Å². The fraction of sp³-hybridized carbons (Fsp3) is 0.360. The predicted octanol–water partition coefficient (Wildman–Crippen LogP) is 3.92. The van der Waals surface area contributed by atoms with Crippen molar-refractivity contribution in [1.82, 2.24) is 29.8 Å². The van der Waals surface area contributed by atoms with Gasteiger partial charge in [0.15, 0.2) is 0 Å². The van der Waals surface area contributed by atoms with Gasteiger partial charge in [0, 0.05) is 37.8 Å². The van der Waals surface area contributed by atoms with Crippen LogP contribution in [-0.2, 0) is 24.5 Å². The first-order valence-electron chi connectivity index (χ1n) is 11.9. The van der Waals surface area contributed by atoms with Crippen LogP contribution in [-0.4, -0.2) is 61.0 Å². The molecule has 1 aliphatic rings. The van der Waals surface area contributed by atoms with Crippen LogP contribution >= 0.6 is 0 Å². The number of nitrogens with zero attached hydrogens (tertiary/aromatic N) is 6. The van der Waals surface area contributed by atoms with E-state index in [1.807, 2.05) is 13.8 Å². The SMILES string of the molecule is C[C@@H]1CN(N(Cc2ccc(C(F)(F)F)cn2)C(=O)c2cc3c(cc2F)nc(N)c2cnn(C)c23)C[C@H](C)O1. The number of nitrogens with two attached hydrogens (primary N) is 1. The van der Waals surface area contributed by atoms with E-state index in [1.165, 1.54) is 17.1 Å². The van der Waals surface area contributed by atoms with Crippen molar-refractivity contribution >= 4 is 33.5 Å². The Labute approximate surface area is 214 Å². The van der Waals surface area contributed by atoms with Crippen LogP contribution in [0, 0.1) is 5.82 Å². The van der Waals surface area contributed by atoms with E-state index >= 15 is 4.39 Å². The van der Waals surface area contributed by atoms with Gasteiger partial charge in [-0.05, 0) is 32.0 Å². The summed E-state index contributed by atoms with van der Waals surface area (Å²) >= 11 is 0. The number of carbonyl (C=O) groups excluding carboxylic acids is 1. The number of morpholine rings is 1. The third-order valence-electron chi connectivity index (χ3n) is 6.47. The molecule has 1 amide bonds. The zero-order valence-electron chi connectivity index (χ0n) is 20.8. The van der Waals surface area contributed by atoms with Gasteiger partial charge in [-0.3, -0.25) is 19.5 Å². The van der Waals surface area contributed by atoms with Crippen molar-refractivity contribution in [2.45, 2.75) is 38.8 Å². The fourth-order valence-electron chi connectivity index (χ4n) is 4.77. The minimum atomic E-state index is -4.54. The number of aromatic nitrogens is 4. The van der Waals surface area contributed by atoms with Crippen molar-refractivity contribution in [3.8, 4) is 0 Å². The lowest BCUT2D eigenvalue weighted by molar-refractivity contribution is -0.138. The molecule has 1 aromatic carbocycles. The van der Waals surface area contributed by atoms with Gasteiger partial charge in [0.05, 0.1) is 58.2 Å². The largest absolute Gasteiger partial charge is 0.417 e. The Hall–Kier alpha value is -3.84. The number of alkyl halides is 3. The number of amides is 1. The maximum absolute atomic E-state index is 15.4. The Balaban J connectivity index is 1.58. The molecule has 13 heteroatoms. The second-order valence-electron chi connectivity index (χ2n) is 9.40. The highest BCUT2D eigenvalue weighted by Gasteiger charge is 2.33. The molecule has 38 heavy (non-hydrogen) atoms. The monoisotopic (exact) mass is 531 g/mol. The minimum Gasteiger partial charge on any atom is -0.383 e. The van der Waals surface area contributed by atoms with Gasteiger partial charge >= 0.3 is 6.18 Å². The molecule has 0 saturated carbocycles.